The van der Waals surface area contributed by atoms with Gasteiger partial charge in [-0.15, -0.1) is 65.6 Å². The molecule has 0 amide bonds. The molecule has 12 aromatic rings. The minimum absolute atomic E-state index is 0. The van der Waals surface area contributed by atoms with E-state index in [1.54, 1.807) is 0 Å². The Morgan fingerprint density at radius 3 is 0.125 bits per heavy atom. The molecule has 0 aliphatic carbocycles. The zero-order valence-electron chi connectivity index (χ0n) is 61.1. The van der Waals surface area contributed by atoms with Crippen molar-refractivity contribution in [3.63, 3.8) is 0 Å². The van der Waals surface area contributed by atoms with Gasteiger partial charge in [0.1, 0.15) is 158 Å². The minimum atomic E-state index is -7.22. The smallest absolute Gasteiger partial charge is 0.207 e. The van der Waals surface area contributed by atoms with E-state index in [0.717, 1.165) is 0 Å². The van der Waals surface area contributed by atoms with Gasteiger partial charge in [-0.1, -0.05) is 0 Å². The zero-order chi connectivity index (χ0) is 103. The maximum absolute atomic E-state index is 15.4. The maximum Gasteiger partial charge on any atom is 3.00 e. The van der Waals surface area contributed by atoms with Gasteiger partial charge >= 0.3 is 0 Å². The van der Waals surface area contributed by atoms with Crippen LogP contribution in [-0.4, -0.2) is 18.4 Å². The van der Waals surface area contributed by atoms with Crippen LogP contribution in [0.25, 0.3) is 0 Å². The standard InChI is InChI=1S/3C24BF20.Nh/c3*26-5-1(6(27)14(35)21(42)13(5)34)25(2-7(28)15(36)22(43)16(37)8(2)29,3-9(30)17(38)23(44)18(39)10(3)31)4-11(32)19(40)24(45)20(41)12(4)33;/q3*-1;+3. The van der Waals surface area contributed by atoms with Crippen molar-refractivity contribution < 1.29 is 263 Å². The Kier molecular flexibility index (Phi) is 27.7. The van der Waals surface area contributed by atoms with Crippen LogP contribution in [0.4, 0.5) is 263 Å². The number of hydrogen-bond acceptors (Lipinski definition) is 0. The molecule has 0 radical (unpaired) electrons. The predicted molar refractivity (Wildman–Crippen MR) is 328 cm³/mol. The van der Waals surface area contributed by atoms with Crippen LogP contribution in [0.3, 0.4) is 0 Å². The van der Waals surface area contributed by atoms with E-state index in [1.165, 1.54) is 0 Å². The molecule has 12 aromatic carbocycles. The van der Waals surface area contributed by atoms with Crippen molar-refractivity contribution in [3.05, 3.63) is 349 Å². The molecular formula is C72B3F60Nh. The van der Waals surface area contributed by atoms with Gasteiger partial charge in [0.05, 0.1) is 0 Å². The number of hydrogen-bond donors (Lipinski definition) is 0. The first-order chi connectivity index (χ1) is 62.1. The van der Waals surface area contributed by atoms with Gasteiger partial charge in [-0.25, -0.2) is 263 Å². The average Bonchev–Trinajstić information content (AvgIpc) is 0.687. The van der Waals surface area contributed by atoms with E-state index in [1.807, 2.05) is 0 Å². The molecule has 719 valence electrons. The molecule has 12 rings (SSSR count). The summed E-state index contributed by atoms with van der Waals surface area (Å²) in [6.07, 6.45) is -21.7. The van der Waals surface area contributed by atoms with Gasteiger partial charge in [-0.05, 0) is 0 Å². The quantitative estimate of drug-likeness (QED) is 0.0495. The summed E-state index contributed by atoms with van der Waals surface area (Å²) in [4.78, 5) is 0. The fraction of sp³-hybridized carbons (Fsp3) is 0. The van der Waals surface area contributed by atoms with E-state index < -0.39 is 433 Å². The van der Waals surface area contributed by atoms with Gasteiger partial charge in [0, 0.05) is 0 Å². The zero-order valence-corrected chi connectivity index (χ0v) is 67.8. The van der Waals surface area contributed by atoms with Crippen LogP contribution in [0.2, 0.25) is 0 Å². The first-order valence-corrected chi connectivity index (χ1v) is 32.8. The Bertz CT molecular complexity index is 5390. The van der Waals surface area contributed by atoms with Crippen LogP contribution < -0.4 is 65.6 Å². The molecule has 0 nitrogen and oxygen atoms in total. The van der Waals surface area contributed by atoms with Crippen LogP contribution in [0, 0.1) is 349 Å². The molecule has 0 aromatic heterocycles. The van der Waals surface area contributed by atoms with Crippen molar-refractivity contribution in [1.82, 2.24) is 0 Å². The van der Waals surface area contributed by atoms with Gasteiger partial charge < -0.3 is 0 Å². The summed E-state index contributed by atoms with van der Waals surface area (Å²) < 4.78 is 882. The Morgan fingerprint density at radius 1 is 0.0588 bits per heavy atom. The largest absolute Gasteiger partial charge is 3.00 e. The summed E-state index contributed by atoms with van der Waals surface area (Å²) >= 11 is 0. The van der Waals surface area contributed by atoms with Crippen LogP contribution in [0.1, 0.15) is 0 Å². The molecule has 0 fully saturated rings. The van der Waals surface area contributed by atoms with Crippen LogP contribution in [0.5, 0.6) is 0 Å². The second-order valence-electron chi connectivity index (χ2n) is 26.4. The Morgan fingerprint density at radius 2 is 0.0882 bits per heavy atom. The molecule has 64 heteroatoms. The van der Waals surface area contributed by atoms with Gasteiger partial charge in [0.15, 0.2) is 209 Å². The minimum Gasteiger partial charge on any atom is -0.207 e. The Labute approximate surface area is 695 Å². The van der Waals surface area contributed by atoms with Crippen molar-refractivity contribution in [1.29, 1.82) is 0 Å². The molecule has 0 heterocycles. The van der Waals surface area contributed by atoms with E-state index >= 15 is 105 Å². The van der Waals surface area contributed by atoms with Crippen molar-refractivity contribution in [3.8, 4) is 0 Å². The third-order valence-corrected chi connectivity index (χ3v) is 20.1. The van der Waals surface area contributed by atoms with E-state index in [2.05, 4.69) is 0 Å². The van der Waals surface area contributed by atoms with Gasteiger partial charge in [0.25, 0.3) is 0 Å². The molecule has 0 bridgehead atoms. The Balaban J connectivity index is 0.000000228. The van der Waals surface area contributed by atoms with E-state index in [-0.39, 0.29) is 0 Å². The van der Waals surface area contributed by atoms with Crippen molar-refractivity contribution in [2.24, 2.45) is 0 Å². The second-order valence-corrected chi connectivity index (χ2v) is 26.4. The maximum atomic E-state index is 15.4. The van der Waals surface area contributed by atoms with E-state index in [4.69, 9.17) is 0 Å². The third-order valence-electron chi connectivity index (χ3n) is 20.1. The van der Waals surface area contributed by atoms with Crippen molar-refractivity contribution in [2.45, 2.75) is 0 Å². The van der Waals surface area contributed by atoms with E-state index in [9.17, 15) is 158 Å². The van der Waals surface area contributed by atoms with Crippen molar-refractivity contribution >= 4 is 84.0 Å². The summed E-state index contributed by atoms with van der Waals surface area (Å²) in [5.41, 5.74) is -43.0. The summed E-state index contributed by atoms with van der Waals surface area (Å²) in [5.74, 6) is -214. The van der Waals surface area contributed by atoms with Crippen LogP contribution in [-0.2, 0) is 0 Å². The normalized spacial score (nSPS) is 11.9. The van der Waals surface area contributed by atoms with Gasteiger partial charge in [-0.2, -0.15) is 0 Å². The summed E-state index contributed by atoms with van der Waals surface area (Å²) in [6.45, 7) is 0. The first-order valence-electron chi connectivity index (χ1n) is 32.8. The third kappa shape index (κ3) is 14.1. The molecule has 0 saturated carbocycles. The predicted octanol–water partition coefficient (Wildman–Crippen LogP) is 17.5. The number of rotatable bonds is 12. The molecule has 0 aliphatic heterocycles. The molecule has 0 saturated heterocycles. The van der Waals surface area contributed by atoms with Gasteiger partial charge in [-0.3, -0.25) is 0 Å². The molecule has 0 unspecified atom stereocenters. The van der Waals surface area contributed by atoms with Gasteiger partial charge in [0.2, 0.25) is 0 Å². The fourth-order valence-electron chi connectivity index (χ4n) is 14.6. The summed E-state index contributed by atoms with van der Waals surface area (Å²) in [5, 5.41) is 0. The summed E-state index contributed by atoms with van der Waals surface area (Å²) in [7, 11) is 0. The Hall–Kier alpha value is -14.4. The monoisotopic (exact) mass is 2320 g/mol. The van der Waals surface area contributed by atoms with Crippen LogP contribution >= 0.6 is 0 Å². The fourth-order valence-corrected chi connectivity index (χ4v) is 14.6. The molecule has 136 heavy (non-hydrogen) atoms. The SMILES string of the molecule is Fc1c(F)c(F)c([B-](c2c(F)c(F)c(F)c(F)c2F)(c2c(F)c(F)c(F)c(F)c2F)c2c(F)c(F)c(F)c(F)c2F)c(F)c1F.Fc1c(F)c(F)c([B-](c2c(F)c(F)c(F)c(F)c2F)(c2c(F)c(F)c(F)c(F)c2F)c2c(F)c(F)c(F)c(F)c2F)c(F)c1F.Fc1c(F)c(F)c([B-](c2c(F)c(F)c(F)c(F)c2F)(c2c(F)c(F)c(F)c(F)c2F)c2c(F)c(F)c(F)c(F)c2F)c(F)c1F.[Nh+3]. The average molecular weight is 2320 g/mol. The molecule has 0 atom stereocenters. The van der Waals surface area contributed by atoms with Crippen molar-refractivity contribution in [2.75, 3.05) is 0 Å². The van der Waals surface area contributed by atoms with Crippen LogP contribution in [0.15, 0.2) is 0 Å². The number of halogens is 60. The second kappa shape index (κ2) is 35.8. The topological polar surface area (TPSA) is 0 Å². The number of benzene rings is 12. The van der Waals surface area contributed by atoms with E-state index in [0.29, 0.717) is 0 Å². The first kappa shape index (κ1) is 105. The summed E-state index contributed by atoms with van der Waals surface area (Å²) in [6, 6.07) is 0. The molecule has 0 N–H and O–H groups in total. The molecule has 0 spiro atoms. The molecule has 0 aliphatic rings. The molecular weight excluding hydrogens is 2320 g/mol.